The van der Waals surface area contributed by atoms with Crippen LogP contribution in [0.4, 0.5) is 0 Å². The highest BCUT2D eigenvalue weighted by Gasteiger charge is 2.25. The van der Waals surface area contributed by atoms with Gasteiger partial charge in [-0.1, -0.05) is 30.3 Å². The smallest absolute Gasteiger partial charge is 0.319 e. The molecule has 106 valence electrons. The molecule has 3 nitrogen and oxygen atoms in total. The molecule has 1 heterocycles. The van der Waals surface area contributed by atoms with E-state index in [9.17, 15) is 4.79 Å². The van der Waals surface area contributed by atoms with Crippen LogP contribution < -0.4 is 0 Å². The van der Waals surface area contributed by atoms with Crippen molar-refractivity contribution in [3.63, 3.8) is 0 Å². The van der Waals surface area contributed by atoms with Crippen LogP contribution in [0.3, 0.4) is 0 Å². The van der Waals surface area contributed by atoms with Crippen LogP contribution in [-0.4, -0.2) is 18.1 Å². The summed E-state index contributed by atoms with van der Waals surface area (Å²) in [5.41, 5.74) is 2.80. The number of halogens is 1. The summed E-state index contributed by atoms with van der Waals surface area (Å²) in [6, 6.07) is 17.9. The van der Waals surface area contributed by atoms with Crippen molar-refractivity contribution >= 4 is 39.5 Å². The summed E-state index contributed by atoms with van der Waals surface area (Å²) in [4.78, 5) is 15.5. The molecule has 3 aromatic rings. The first-order valence-electron chi connectivity index (χ1n) is 6.60. The standard InChI is InChI=1S/C17H14INO2/c1-21-17(20)16(11-5-3-2-4-6-11)15-10-12-9-13(18)7-8-14(12)19-15/h2-10,16,19H,1H3. The molecule has 0 amide bonds. The van der Waals surface area contributed by atoms with E-state index in [-0.39, 0.29) is 5.97 Å². The molecule has 2 aromatic carbocycles. The van der Waals surface area contributed by atoms with Crippen LogP contribution in [0.2, 0.25) is 0 Å². The van der Waals surface area contributed by atoms with Gasteiger partial charge >= 0.3 is 5.97 Å². The summed E-state index contributed by atoms with van der Waals surface area (Å²) in [7, 11) is 1.42. The average molecular weight is 391 g/mol. The van der Waals surface area contributed by atoms with Crippen molar-refractivity contribution in [1.82, 2.24) is 4.98 Å². The van der Waals surface area contributed by atoms with E-state index in [1.165, 1.54) is 10.7 Å². The van der Waals surface area contributed by atoms with Crippen molar-refractivity contribution in [3.8, 4) is 0 Å². The second-order valence-corrected chi connectivity index (χ2v) is 6.07. The van der Waals surface area contributed by atoms with Gasteiger partial charge in [-0.2, -0.15) is 0 Å². The fraction of sp³-hybridized carbons (Fsp3) is 0.118. The predicted octanol–water partition coefficient (Wildman–Crippen LogP) is 4.08. The lowest BCUT2D eigenvalue weighted by Crippen LogP contribution is -2.15. The molecule has 0 bridgehead atoms. The molecule has 0 aliphatic carbocycles. The van der Waals surface area contributed by atoms with Gasteiger partial charge in [-0.25, -0.2) is 0 Å². The zero-order chi connectivity index (χ0) is 14.8. The zero-order valence-electron chi connectivity index (χ0n) is 11.5. The van der Waals surface area contributed by atoms with E-state index in [1.807, 2.05) is 48.5 Å². The molecule has 0 spiro atoms. The first-order chi connectivity index (χ1) is 10.2. The third kappa shape index (κ3) is 2.81. The zero-order valence-corrected chi connectivity index (χ0v) is 13.6. The van der Waals surface area contributed by atoms with Crippen LogP contribution in [0.25, 0.3) is 10.9 Å². The maximum atomic E-state index is 12.2. The highest BCUT2D eigenvalue weighted by atomic mass is 127. The van der Waals surface area contributed by atoms with E-state index in [4.69, 9.17) is 4.74 Å². The Morgan fingerprint density at radius 3 is 2.62 bits per heavy atom. The predicted molar refractivity (Wildman–Crippen MR) is 91.3 cm³/mol. The molecule has 0 fully saturated rings. The van der Waals surface area contributed by atoms with E-state index in [0.717, 1.165) is 22.2 Å². The van der Waals surface area contributed by atoms with Gasteiger partial charge in [-0.05, 0) is 52.4 Å². The number of H-pyrrole nitrogens is 1. The lowest BCUT2D eigenvalue weighted by molar-refractivity contribution is -0.141. The van der Waals surface area contributed by atoms with E-state index in [0.29, 0.717) is 0 Å². The summed E-state index contributed by atoms with van der Waals surface area (Å²) in [6.45, 7) is 0. The van der Waals surface area contributed by atoms with Crippen molar-refractivity contribution in [2.45, 2.75) is 5.92 Å². The van der Waals surface area contributed by atoms with Crippen LogP contribution in [0.1, 0.15) is 17.2 Å². The molecule has 0 aliphatic heterocycles. The quantitative estimate of drug-likeness (QED) is 0.540. The van der Waals surface area contributed by atoms with Crippen molar-refractivity contribution < 1.29 is 9.53 Å². The number of aromatic nitrogens is 1. The number of benzene rings is 2. The van der Waals surface area contributed by atoms with Gasteiger partial charge in [0.1, 0.15) is 5.92 Å². The summed E-state index contributed by atoms with van der Waals surface area (Å²) < 4.78 is 6.15. The van der Waals surface area contributed by atoms with E-state index >= 15 is 0 Å². The Labute approximate surface area is 136 Å². The fourth-order valence-electron chi connectivity index (χ4n) is 2.49. The molecule has 0 saturated carbocycles. The number of methoxy groups -OCH3 is 1. The number of nitrogens with one attached hydrogen (secondary N) is 1. The van der Waals surface area contributed by atoms with Crippen molar-refractivity contribution in [3.05, 3.63) is 69.4 Å². The molecule has 1 aromatic heterocycles. The van der Waals surface area contributed by atoms with Gasteiger partial charge in [-0.15, -0.1) is 0 Å². The van der Waals surface area contributed by atoms with Gasteiger partial charge in [0, 0.05) is 20.2 Å². The minimum Gasteiger partial charge on any atom is -0.468 e. The minimum atomic E-state index is -0.429. The highest BCUT2D eigenvalue weighted by Crippen LogP contribution is 2.29. The summed E-state index contributed by atoms with van der Waals surface area (Å²) >= 11 is 2.28. The molecule has 21 heavy (non-hydrogen) atoms. The van der Waals surface area contributed by atoms with Crippen molar-refractivity contribution in [2.75, 3.05) is 7.11 Å². The summed E-state index contributed by atoms with van der Waals surface area (Å²) in [5, 5.41) is 1.10. The number of hydrogen-bond donors (Lipinski definition) is 1. The Bertz CT molecular complexity index is 780. The Balaban J connectivity index is 2.12. The van der Waals surface area contributed by atoms with Crippen LogP contribution in [0, 0.1) is 3.57 Å². The van der Waals surface area contributed by atoms with Gasteiger partial charge in [0.2, 0.25) is 0 Å². The van der Waals surface area contributed by atoms with Gasteiger partial charge in [0.15, 0.2) is 0 Å². The fourth-order valence-corrected chi connectivity index (χ4v) is 3.00. The lowest BCUT2D eigenvalue weighted by atomic mass is 9.96. The van der Waals surface area contributed by atoms with Crippen LogP contribution in [-0.2, 0) is 9.53 Å². The molecule has 1 atom stereocenters. The first-order valence-corrected chi connectivity index (χ1v) is 7.68. The molecule has 3 rings (SSSR count). The molecule has 4 heteroatoms. The molecule has 0 radical (unpaired) electrons. The van der Waals surface area contributed by atoms with E-state index < -0.39 is 5.92 Å². The maximum Gasteiger partial charge on any atom is 0.319 e. The Morgan fingerprint density at radius 2 is 1.90 bits per heavy atom. The largest absolute Gasteiger partial charge is 0.468 e. The van der Waals surface area contributed by atoms with Gasteiger partial charge in [-0.3, -0.25) is 4.79 Å². The SMILES string of the molecule is COC(=O)C(c1ccccc1)c1cc2cc(I)ccc2[nH]1. The van der Waals surface area contributed by atoms with Crippen molar-refractivity contribution in [1.29, 1.82) is 0 Å². The number of aromatic amines is 1. The normalized spacial score (nSPS) is 12.3. The molecule has 1 unspecified atom stereocenters. The van der Waals surface area contributed by atoms with E-state index in [2.05, 4.69) is 33.6 Å². The Kier molecular flexibility index (Phi) is 3.96. The second-order valence-electron chi connectivity index (χ2n) is 4.82. The number of carbonyl (C=O) groups excluding carboxylic acids is 1. The summed E-state index contributed by atoms with van der Waals surface area (Å²) in [6.07, 6.45) is 0. The molecule has 1 N–H and O–H groups in total. The third-order valence-electron chi connectivity index (χ3n) is 3.48. The molecular formula is C17H14INO2. The topological polar surface area (TPSA) is 42.1 Å². The number of rotatable bonds is 3. The Hall–Kier alpha value is -1.82. The summed E-state index contributed by atoms with van der Waals surface area (Å²) in [5.74, 6) is -0.691. The number of ether oxygens (including phenoxy) is 1. The van der Waals surface area contributed by atoms with Gasteiger partial charge < -0.3 is 9.72 Å². The van der Waals surface area contributed by atoms with Crippen molar-refractivity contribution in [2.24, 2.45) is 0 Å². The maximum absolute atomic E-state index is 12.2. The number of carbonyl (C=O) groups is 1. The number of hydrogen-bond acceptors (Lipinski definition) is 2. The average Bonchev–Trinajstić information content (AvgIpc) is 2.90. The Morgan fingerprint density at radius 1 is 1.14 bits per heavy atom. The monoisotopic (exact) mass is 391 g/mol. The van der Waals surface area contributed by atoms with Crippen LogP contribution in [0.5, 0.6) is 0 Å². The van der Waals surface area contributed by atoms with Crippen LogP contribution in [0.15, 0.2) is 54.6 Å². The minimum absolute atomic E-state index is 0.262. The third-order valence-corrected chi connectivity index (χ3v) is 4.16. The van der Waals surface area contributed by atoms with E-state index in [1.54, 1.807) is 0 Å². The molecule has 0 saturated heterocycles. The van der Waals surface area contributed by atoms with Crippen LogP contribution >= 0.6 is 22.6 Å². The lowest BCUT2D eigenvalue weighted by Gasteiger charge is -2.13. The number of fused-ring (bicyclic) bond motifs is 1. The molecular weight excluding hydrogens is 377 g/mol. The van der Waals surface area contributed by atoms with Gasteiger partial charge in [0.25, 0.3) is 0 Å². The van der Waals surface area contributed by atoms with Gasteiger partial charge in [0.05, 0.1) is 7.11 Å². The highest BCUT2D eigenvalue weighted by molar-refractivity contribution is 14.1. The molecule has 0 aliphatic rings. The number of esters is 1. The first kappa shape index (κ1) is 14.1. The second kappa shape index (κ2) is 5.89.